The van der Waals surface area contributed by atoms with E-state index in [0.29, 0.717) is 6.42 Å². The van der Waals surface area contributed by atoms with E-state index in [4.69, 9.17) is 0 Å². The van der Waals surface area contributed by atoms with Crippen molar-refractivity contribution in [3.63, 3.8) is 0 Å². The van der Waals surface area contributed by atoms with Crippen molar-refractivity contribution in [3.05, 3.63) is 60.2 Å². The zero-order valence-electron chi connectivity index (χ0n) is 19.5. The largest absolute Gasteiger partial charge is 0.346 e. The summed E-state index contributed by atoms with van der Waals surface area (Å²) in [5, 5.41) is 6.18. The lowest BCUT2D eigenvalue weighted by molar-refractivity contribution is -0.131. The van der Waals surface area contributed by atoms with E-state index >= 15 is 0 Å². The third-order valence-electron chi connectivity index (χ3n) is 6.77. The van der Waals surface area contributed by atoms with Gasteiger partial charge in [-0.3, -0.25) is 9.59 Å². The van der Waals surface area contributed by atoms with E-state index in [1.807, 2.05) is 62.4 Å². The number of carbonyl (C=O) groups is 2. The van der Waals surface area contributed by atoms with Gasteiger partial charge >= 0.3 is 0 Å². The van der Waals surface area contributed by atoms with Crippen LogP contribution >= 0.6 is 0 Å². The second-order valence-electron chi connectivity index (χ2n) is 9.30. The molecule has 2 amide bonds. The highest BCUT2D eigenvalue weighted by Gasteiger charge is 2.32. The normalized spacial score (nSPS) is 20.2. The average molecular weight is 459 g/mol. The number of aromatic nitrogens is 4. The molecule has 4 aromatic rings. The van der Waals surface area contributed by atoms with Crippen molar-refractivity contribution >= 4 is 33.9 Å². The number of nitrogens with zero attached hydrogens (tertiary/aromatic N) is 2. The lowest BCUT2D eigenvalue weighted by atomic mass is 9.80. The molecule has 0 spiro atoms. The quantitative estimate of drug-likeness (QED) is 0.345. The fourth-order valence-electron chi connectivity index (χ4n) is 4.82. The van der Waals surface area contributed by atoms with Crippen molar-refractivity contribution in [1.82, 2.24) is 30.6 Å². The van der Waals surface area contributed by atoms with Crippen molar-refractivity contribution in [3.8, 4) is 0 Å². The fourth-order valence-corrected chi connectivity index (χ4v) is 4.82. The summed E-state index contributed by atoms with van der Waals surface area (Å²) in [5.74, 6) is 1.07. The highest BCUT2D eigenvalue weighted by molar-refractivity contribution is 5.83. The maximum absolute atomic E-state index is 13.0. The number of H-pyrrole nitrogens is 2. The van der Waals surface area contributed by atoms with Crippen LogP contribution < -0.4 is 10.6 Å². The number of benzene rings is 2. The Morgan fingerprint density at radius 1 is 0.794 bits per heavy atom. The number of fused-ring (bicyclic) bond motifs is 2. The molecular weight excluding hydrogens is 428 g/mol. The standard InChI is InChI=1S/C26H30N6O2/c1-15(23-29-19-10-3-4-11-20(19)30-23)27-25(33)17-8-7-9-18(14-17)26(34)28-16(2)24-31-21-12-5-6-13-22(21)32-24/h3-6,10-13,15-18H,7-9,14H2,1-2H3,(H,27,33)(H,28,34)(H,29,30)(H,31,32). The van der Waals surface area contributed by atoms with Crippen LogP contribution in [0.25, 0.3) is 22.1 Å². The van der Waals surface area contributed by atoms with Crippen LogP contribution in [0.4, 0.5) is 0 Å². The molecule has 0 aliphatic heterocycles. The third-order valence-corrected chi connectivity index (χ3v) is 6.77. The Bertz CT molecular complexity index is 1160. The summed E-state index contributed by atoms with van der Waals surface area (Å²) in [4.78, 5) is 41.8. The van der Waals surface area contributed by atoms with Crippen LogP contribution in [-0.4, -0.2) is 31.8 Å². The minimum atomic E-state index is -0.234. The molecule has 1 aliphatic carbocycles. The maximum atomic E-state index is 13.0. The van der Waals surface area contributed by atoms with Gasteiger partial charge in [0.25, 0.3) is 0 Å². The predicted molar refractivity (Wildman–Crippen MR) is 131 cm³/mol. The Morgan fingerprint density at radius 3 is 1.68 bits per heavy atom. The van der Waals surface area contributed by atoms with Crippen LogP contribution in [0.5, 0.6) is 0 Å². The Balaban J connectivity index is 1.18. The van der Waals surface area contributed by atoms with E-state index in [9.17, 15) is 9.59 Å². The van der Waals surface area contributed by atoms with Gasteiger partial charge in [0, 0.05) is 11.8 Å². The molecule has 4 N–H and O–H groups in total. The van der Waals surface area contributed by atoms with E-state index in [0.717, 1.165) is 53.0 Å². The molecule has 4 atom stereocenters. The molecule has 1 aliphatic rings. The summed E-state index contributed by atoms with van der Waals surface area (Å²) in [7, 11) is 0. The highest BCUT2D eigenvalue weighted by Crippen LogP contribution is 2.30. The zero-order chi connectivity index (χ0) is 23.7. The van der Waals surface area contributed by atoms with Crippen LogP contribution in [0, 0.1) is 11.8 Å². The van der Waals surface area contributed by atoms with Crippen LogP contribution in [0.3, 0.4) is 0 Å². The lowest BCUT2D eigenvalue weighted by Crippen LogP contribution is -2.40. The first kappa shape index (κ1) is 22.1. The number of aromatic amines is 2. The summed E-state index contributed by atoms with van der Waals surface area (Å²) >= 11 is 0. The number of nitrogens with one attached hydrogen (secondary N) is 4. The number of amides is 2. The smallest absolute Gasteiger partial charge is 0.223 e. The number of carbonyl (C=O) groups excluding carboxylic acids is 2. The van der Waals surface area contributed by atoms with Gasteiger partial charge in [-0.25, -0.2) is 9.97 Å². The molecule has 2 aromatic heterocycles. The third kappa shape index (κ3) is 4.53. The fraction of sp³-hybridized carbons (Fsp3) is 0.385. The molecule has 4 unspecified atom stereocenters. The molecule has 1 fully saturated rings. The molecule has 1 saturated carbocycles. The van der Waals surface area contributed by atoms with Gasteiger partial charge in [-0.1, -0.05) is 30.7 Å². The number of imidazole rings is 2. The SMILES string of the molecule is CC(NC(=O)C1CCCC(C(=O)NC(C)c2nc3ccccc3[nH]2)C1)c1nc2ccccc2[nH]1. The maximum Gasteiger partial charge on any atom is 0.223 e. The van der Waals surface area contributed by atoms with E-state index in [-0.39, 0.29) is 35.7 Å². The molecular formula is C26H30N6O2. The van der Waals surface area contributed by atoms with Gasteiger partial charge in [-0.15, -0.1) is 0 Å². The topological polar surface area (TPSA) is 116 Å². The number of hydrogen-bond donors (Lipinski definition) is 4. The Morgan fingerprint density at radius 2 is 1.24 bits per heavy atom. The summed E-state index contributed by atoms with van der Waals surface area (Å²) in [5.41, 5.74) is 3.66. The van der Waals surface area contributed by atoms with Gasteiger partial charge in [0.15, 0.2) is 0 Å². The van der Waals surface area contributed by atoms with Gasteiger partial charge in [-0.2, -0.15) is 0 Å². The molecule has 2 heterocycles. The monoisotopic (exact) mass is 458 g/mol. The van der Waals surface area contributed by atoms with Gasteiger partial charge in [0.05, 0.1) is 34.2 Å². The Hall–Kier alpha value is -3.68. The minimum absolute atomic E-state index is 0.0178. The van der Waals surface area contributed by atoms with Crippen molar-refractivity contribution in [2.24, 2.45) is 11.8 Å². The van der Waals surface area contributed by atoms with Crippen LogP contribution in [0.1, 0.15) is 63.3 Å². The van der Waals surface area contributed by atoms with Gasteiger partial charge in [0.1, 0.15) is 11.6 Å². The van der Waals surface area contributed by atoms with Crippen LogP contribution in [0.15, 0.2) is 48.5 Å². The average Bonchev–Trinajstić information content (AvgIpc) is 3.48. The predicted octanol–water partition coefficient (Wildman–Crippen LogP) is 4.30. The van der Waals surface area contributed by atoms with E-state index in [1.54, 1.807) is 0 Å². The van der Waals surface area contributed by atoms with Crippen LogP contribution in [-0.2, 0) is 9.59 Å². The molecule has 0 bridgehead atoms. The summed E-state index contributed by atoms with van der Waals surface area (Å²) in [6.07, 6.45) is 2.99. The molecule has 176 valence electrons. The van der Waals surface area contributed by atoms with Crippen molar-refractivity contribution < 1.29 is 9.59 Å². The highest BCUT2D eigenvalue weighted by atomic mass is 16.2. The summed E-state index contributed by atoms with van der Waals surface area (Å²) in [6, 6.07) is 15.2. The van der Waals surface area contributed by atoms with E-state index in [2.05, 4.69) is 30.6 Å². The van der Waals surface area contributed by atoms with Crippen molar-refractivity contribution in [2.45, 2.75) is 51.6 Å². The number of para-hydroxylation sites is 4. The van der Waals surface area contributed by atoms with Gasteiger partial charge in [0.2, 0.25) is 11.8 Å². The summed E-state index contributed by atoms with van der Waals surface area (Å²) < 4.78 is 0. The molecule has 0 saturated heterocycles. The first-order chi connectivity index (χ1) is 16.5. The molecule has 0 radical (unpaired) electrons. The molecule has 5 rings (SSSR count). The van der Waals surface area contributed by atoms with E-state index < -0.39 is 0 Å². The second kappa shape index (κ2) is 9.29. The second-order valence-corrected chi connectivity index (χ2v) is 9.30. The first-order valence-corrected chi connectivity index (χ1v) is 12.0. The Kier molecular flexibility index (Phi) is 6.04. The molecule has 34 heavy (non-hydrogen) atoms. The first-order valence-electron chi connectivity index (χ1n) is 12.0. The molecule has 8 heteroatoms. The lowest BCUT2D eigenvalue weighted by Gasteiger charge is -2.29. The van der Waals surface area contributed by atoms with E-state index in [1.165, 1.54) is 0 Å². The van der Waals surface area contributed by atoms with Gasteiger partial charge in [-0.05, 0) is 57.4 Å². The molecule has 2 aromatic carbocycles. The number of hydrogen-bond acceptors (Lipinski definition) is 4. The van der Waals surface area contributed by atoms with Crippen LogP contribution in [0.2, 0.25) is 0 Å². The Labute approximate surface area is 198 Å². The van der Waals surface area contributed by atoms with Crippen molar-refractivity contribution in [1.29, 1.82) is 0 Å². The minimum Gasteiger partial charge on any atom is -0.346 e. The molecule has 8 nitrogen and oxygen atoms in total. The van der Waals surface area contributed by atoms with Crippen molar-refractivity contribution in [2.75, 3.05) is 0 Å². The summed E-state index contributed by atoms with van der Waals surface area (Å²) in [6.45, 7) is 3.86. The number of rotatable bonds is 6. The zero-order valence-corrected chi connectivity index (χ0v) is 19.5. The van der Waals surface area contributed by atoms with Gasteiger partial charge < -0.3 is 20.6 Å².